The summed E-state index contributed by atoms with van der Waals surface area (Å²) < 4.78 is 0. The molecule has 0 saturated carbocycles. The Morgan fingerprint density at radius 1 is 1.31 bits per heavy atom. The smallest absolute Gasteiger partial charge is 0.150 e. The third-order valence-electron chi connectivity index (χ3n) is 1.98. The Kier molecular flexibility index (Phi) is 1.81. The van der Waals surface area contributed by atoms with Crippen LogP contribution >= 0.6 is 0 Å². The number of rotatable bonds is 1. The summed E-state index contributed by atoms with van der Waals surface area (Å²) >= 11 is 0. The number of benzene rings is 1. The summed E-state index contributed by atoms with van der Waals surface area (Å²) in [4.78, 5) is 14.8. The first-order valence-corrected chi connectivity index (χ1v) is 4.11. The number of aryl methyl sites for hydroxylation is 1. The summed E-state index contributed by atoms with van der Waals surface area (Å²) in [6.07, 6.45) is 2.67. The highest BCUT2D eigenvalue weighted by molar-refractivity contribution is 5.86. The van der Waals surface area contributed by atoms with Crippen molar-refractivity contribution < 1.29 is 4.79 Å². The molecule has 0 amide bonds. The fourth-order valence-corrected chi connectivity index (χ4v) is 1.33. The molecule has 0 atom stereocenters. The highest BCUT2D eigenvalue weighted by Gasteiger charge is 1.96. The number of hydrogen-bond acceptors (Lipinski definition) is 2. The predicted molar refractivity (Wildman–Crippen MR) is 51.9 cm³/mol. The fourth-order valence-electron chi connectivity index (χ4n) is 1.33. The maximum absolute atomic E-state index is 10.5. The van der Waals surface area contributed by atoms with E-state index in [4.69, 9.17) is 0 Å². The summed E-state index contributed by atoms with van der Waals surface area (Å²) in [6, 6.07) is 7.51. The number of carbonyl (C=O) groups excluding carboxylic acids is 1. The third-order valence-corrected chi connectivity index (χ3v) is 1.98. The van der Waals surface area contributed by atoms with Crippen LogP contribution in [0, 0.1) is 6.92 Å². The maximum atomic E-state index is 10.5. The molecule has 0 bridgehead atoms. The molecular weight excluding hydrogens is 162 g/mol. The minimum atomic E-state index is 0.694. The van der Waals surface area contributed by atoms with E-state index in [0.717, 1.165) is 22.8 Å². The van der Waals surface area contributed by atoms with E-state index >= 15 is 0 Å². The molecule has 0 spiro atoms. The first-order valence-electron chi connectivity index (χ1n) is 4.11. The van der Waals surface area contributed by atoms with Crippen LogP contribution in [0.2, 0.25) is 0 Å². The van der Waals surface area contributed by atoms with Crippen molar-refractivity contribution in [3.63, 3.8) is 0 Å². The molecule has 2 rings (SSSR count). The standard InChI is InChI=1S/C11H9NO/c1-8-4-10-5-9(7-13)2-3-11(10)12-6-8/h2-7H,1H3. The molecule has 2 nitrogen and oxygen atoms in total. The summed E-state index contributed by atoms with van der Waals surface area (Å²) in [6.45, 7) is 1.99. The van der Waals surface area contributed by atoms with Gasteiger partial charge in [0.1, 0.15) is 6.29 Å². The molecule has 64 valence electrons. The van der Waals surface area contributed by atoms with Gasteiger partial charge in [-0.3, -0.25) is 9.78 Å². The van der Waals surface area contributed by atoms with Crippen LogP contribution in [0.25, 0.3) is 10.9 Å². The molecule has 2 heteroatoms. The molecule has 1 aromatic carbocycles. The Morgan fingerprint density at radius 3 is 2.92 bits per heavy atom. The second-order valence-electron chi connectivity index (χ2n) is 3.08. The molecule has 0 aliphatic heterocycles. The predicted octanol–water partition coefficient (Wildman–Crippen LogP) is 2.36. The van der Waals surface area contributed by atoms with Crippen molar-refractivity contribution in [1.29, 1.82) is 0 Å². The van der Waals surface area contributed by atoms with E-state index in [0.29, 0.717) is 5.56 Å². The van der Waals surface area contributed by atoms with Crippen molar-refractivity contribution in [2.75, 3.05) is 0 Å². The van der Waals surface area contributed by atoms with Gasteiger partial charge in [-0.2, -0.15) is 0 Å². The summed E-state index contributed by atoms with van der Waals surface area (Å²) in [5, 5.41) is 1.02. The van der Waals surface area contributed by atoms with Crippen LogP contribution in [-0.2, 0) is 0 Å². The lowest BCUT2D eigenvalue weighted by molar-refractivity contribution is 0.112. The second kappa shape index (κ2) is 2.98. The highest BCUT2D eigenvalue weighted by Crippen LogP contribution is 2.13. The largest absolute Gasteiger partial charge is 0.298 e. The quantitative estimate of drug-likeness (QED) is 0.616. The normalized spacial score (nSPS) is 10.2. The molecule has 1 aromatic heterocycles. The SMILES string of the molecule is Cc1cnc2ccc(C=O)cc2c1. The summed E-state index contributed by atoms with van der Waals surface area (Å²) in [5.74, 6) is 0. The van der Waals surface area contributed by atoms with E-state index in [1.807, 2.05) is 31.3 Å². The molecule has 0 fully saturated rings. The van der Waals surface area contributed by atoms with Gasteiger partial charge in [-0.15, -0.1) is 0 Å². The summed E-state index contributed by atoms with van der Waals surface area (Å²) in [5.41, 5.74) is 2.73. The van der Waals surface area contributed by atoms with Crippen molar-refractivity contribution in [2.24, 2.45) is 0 Å². The van der Waals surface area contributed by atoms with E-state index in [9.17, 15) is 4.79 Å². The number of aromatic nitrogens is 1. The van der Waals surface area contributed by atoms with Gasteiger partial charge in [0, 0.05) is 17.1 Å². The van der Waals surface area contributed by atoms with Crippen LogP contribution in [0.1, 0.15) is 15.9 Å². The number of carbonyl (C=O) groups is 1. The molecule has 0 aliphatic rings. The Hall–Kier alpha value is -1.70. The van der Waals surface area contributed by atoms with E-state index in [1.165, 1.54) is 0 Å². The van der Waals surface area contributed by atoms with E-state index in [2.05, 4.69) is 4.98 Å². The molecule has 0 N–H and O–H groups in total. The Balaban J connectivity index is 2.74. The fraction of sp³-hybridized carbons (Fsp3) is 0.0909. The number of nitrogens with zero attached hydrogens (tertiary/aromatic N) is 1. The van der Waals surface area contributed by atoms with Crippen LogP contribution in [0.15, 0.2) is 30.5 Å². The van der Waals surface area contributed by atoms with E-state index < -0.39 is 0 Å². The number of fused-ring (bicyclic) bond motifs is 1. The first-order chi connectivity index (χ1) is 6.29. The van der Waals surface area contributed by atoms with Gasteiger partial charge >= 0.3 is 0 Å². The number of aldehydes is 1. The van der Waals surface area contributed by atoms with Crippen LogP contribution in [0.4, 0.5) is 0 Å². The van der Waals surface area contributed by atoms with Crippen LogP contribution in [0.3, 0.4) is 0 Å². The van der Waals surface area contributed by atoms with Gasteiger partial charge in [-0.05, 0) is 36.8 Å². The second-order valence-corrected chi connectivity index (χ2v) is 3.08. The summed E-state index contributed by atoms with van der Waals surface area (Å²) in [7, 11) is 0. The molecule has 2 aromatic rings. The van der Waals surface area contributed by atoms with Gasteiger partial charge < -0.3 is 0 Å². The molecule has 0 saturated heterocycles. The van der Waals surface area contributed by atoms with Gasteiger partial charge in [0.05, 0.1) is 5.52 Å². The lowest BCUT2D eigenvalue weighted by Gasteiger charge is -1.98. The van der Waals surface area contributed by atoms with Gasteiger partial charge in [0.2, 0.25) is 0 Å². The Morgan fingerprint density at radius 2 is 2.15 bits per heavy atom. The minimum Gasteiger partial charge on any atom is -0.298 e. The zero-order chi connectivity index (χ0) is 9.26. The molecule has 0 radical (unpaired) electrons. The third kappa shape index (κ3) is 1.43. The first kappa shape index (κ1) is 7.92. The van der Waals surface area contributed by atoms with Crippen LogP contribution in [-0.4, -0.2) is 11.3 Å². The Bertz CT molecular complexity index is 463. The molecular formula is C11H9NO. The van der Waals surface area contributed by atoms with Gasteiger partial charge in [-0.25, -0.2) is 0 Å². The molecule has 13 heavy (non-hydrogen) atoms. The van der Waals surface area contributed by atoms with Crippen molar-refractivity contribution in [1.82, 2.24) is 4.98 Å². The lowest BCUT2D eigenvalue weighted by Crippen LogP contribution is -1.84. The zero-order valence-corrected chi connectivity index (χ0v) is 7.32. The monoisotopic (exact) mass is 171 g/mol. The number of pyridine rings is 1. The van der Waals surface area contributed by atoms with Crippen molar-refractivity contribution in [2.45, 2.75) is 6.92 Å². The number of hydrogen-bond donors (Lipinski definition) is 0. The van der Waals surface area contributed by atoms with Crippen LogP contribution in [0.5, 0.6) is 0 Å². The van der Waals surface area contributed by atoms with Crippen molar-refractivity contribution in [3.8, 4) is 0 Å². The van der Waals surface area contributed by atoms with Crippen molar-refractivity contribution in [3.05, 3.63) is 41.6 Å². The molecule has 0 aliphatic carbocycles. The maximum Gasteiger partial charge on any atom is 0.150 e. The van der Waals surface area contributed by atoms with E-state index in [-0.39, 0.29) is 0 Å². The zero-order valence-electron chi connectivity index (χ0n) is 7.32. The topological polar surface area (TPSA) is 30.0 Å². The average molecular weight is 171 g/mol. The average Bonchev–Trinajstić information content (AvgIpc) is 2.16. The minimum absolute atomic E-state index is 0.694. The van der Waals surface area contributed by atoms with Crippen molar-refractivity contribution >= 4 is 17.2 Å². The van der Waals surface area contributed by atoms with Gasteiger partial charge in [-0.1, -0.05) is 0 Å². The molecule has 1 heterocycles. The highest BCUT2D eigenvalue weighted by atomic mass is 16.1. The van der Waals surface area contributed by atoms with E-state index in [1.54, 1.807) is 6.07 Å². The molecule has 0 unspecified atom stereocenters. The van der Waals surface area contributed by atoms with Gasteiger partial charge in [0.15, 0.2) is 0 Å². The van der Waals surface area contributed by atoms with Gasteiger partial charge in [0.25, 0.3) is 0 Å². The Labute approximate surface area is 76.2 Å². The van der Waals surface area contributed by atoms with Crippen LogP contribution < -0.4 is 0 Å². The lowest BCUT2D eigenvalue weighted by atomic mass is 10.1.